The minimum absolute atomic E-state index is 0.0442. The molecule has 1 N–H and O–H groups in total. The summed E-state index contributed by atoms with van der Waals surface area (Å²) in [6.45, 7) is 1.84. The highest BCUT2D eigenvalue weighted by atomic mass is 32.2. The van der Waals surface area contributed by atoms with Crippen molar-refractivity contribution in [1.82, 2.24) is 10.2 Å². The van der Waals surface area contributed by atoms with Crippen molar-refractivity contribution in [1.29, 1.82) is 0 Å². The summed E-state index contributed by atoms with van der Waals surface area (Å²) in [6, 6.07) is 6.94. The molecule has 2 heterocycles. The summed E-state index contributed by atoms with van der Waals surface area (Å²) >= 11 is 0. The number of sulfone groups is 1. The monoisotopic (exact) mass is 366 g/mol. The second kappa shape index (κ2) is 7.74. The van der Waals surface area contributed by atoms with Crippen LogP contribution in [0.15, 0.2) is 24.3 Å². The normalized spacial score (nSPS) is 26.3. The number of amides is 1. The van der Waals surface area contributed by atoms with Crippen LogP contribution in [0.3, 0.4) is 0 Å². The lowest BCUT2D eigenvalue weighted by atomic mass is 10.0. The van der Waals surface area contributed by atoms with E-state index in [4.69, 9.17) is 4.74 Å². The maximum absolute atomic E-state index is 12.4. The van der Waals surface area contributed by atoms with E-state index < -0.39 is 9.84 Å². The molecule has 0 aliphatic carbocycles. The van der Waals surface area contributed by atoms with Crippen LogP contribution in [0.4, 0.5) is 0 Å². The van der Waals surface area contributed by atoms with E-state index in [9.17, 15) is 13.2 Å². The summed E-state index contributed by atoms with van der Waals surface area (Å²) in [5.74, 6) is 0.814. The van der Waals surface area contributed by atoms with E-state index in [1.807, 2.05) is 24.3 Å². The average Bonchev–Trinajstić information content (AvgIpc) is 2.90. The Morgan fingerprint density at radius 2 is 1.84 bits per heavy atom. The predicted octanol–water partition coefficient (Wildman–Crippen LogP) is 1.01. The van der Waals surface area contributed by atoms with Gasteiger partial charge in [0.25, 0.3) is 0 Å². The van der Waals surface area contributed by atoms with E-state index in [2.05, 4.69) is 10.2 Å². The van der Waals surface area contributed by atoms with E-state index in [-0.39, 0.29) is 35.9 Å². The number of hydrogen-bond donors (Lipinski definition) is 1. The first-order valence-corrected chi connectivity index (χ1v) is 10.7. The third kappa shape index (κ3) is 4.73. The number of likely N-dealkylation sites (tertiary alicyclic amines) is 1. The van der Waals surface area contributed by atoms with E-state index >= 15 is 0 Å². The zero-order chi connectivity index (χ0) is 17.9. The van der Waals surface area contributed by atoms with Crippen molar-refractivity contribution in [3.63, 3.8) is 0 Å². The van der Waals surface area contributed by atoms with Gasteiger partial charge in [0.05, 0.1) is 31.1 Å². The Bertz CT molecular complexity index is 696. The molecular weight excluding hydrogens is 340 g/mol. The summed E-state index contributed by atoms with van der Waals surface area (Å²) < 4.78 is 29.3. The largest absolute Gasteiger partial charge is 0.497 e. The Kier molecular flexibility index (Phi) is 5.64. The van der Waals surface area contributed by atoms with E-state index in [0.717, 1.165) is 37.2 Å². The molecule has 2 fully saturated rings. The van der Waals surface area contributed by atoms with Crippen molar-refractivity contribution in [3.05, 3.63) is 29.8 Å². The van der Waals surface area contributed by atoms with Crippen molar-refractivity contribution < 1.29 is 17.9 Å². The van der Waals surface area contributed by atoms with Gasteiger partial charge in [-0.2, -0.15) is 0 Å². The number of benzene rings is 1. The molecule has 3 rings (SSSR count). The van der Waals surface area contributed by atoms with Crippen molar-refractivity contribution in [2.45, 2.75) is 37.8 Å². The number of rotatable bonds is 5. The third-order valence-electron chi connectivity index (χ3n) is 5.05. The molecule has 0 aromatic heterocycles. The van der Waals surface area contributed by atoms with Gasteiger partial charge in [-0.25, -0.2) is 8.42 Å². The average molecular weight is 366 g/mol. The molecular formula is C18H26N2O4S. The molecule has 138 valence electrons. The molecule has 2 unspecified atom stereocenters. The number of nitrogens with zero attached hydrogens (tertiary/aromatic N) is 1. The molecule has 0 spiro atoms. The van der Waals surface area contributed by atoms with Crippen LogP contribution in [0.25, 0.3) is 0 Å². The molecule has 6 nitrogen and oxygen atoms in total. The van der Waals surface area contributed by atoms with Crippen LogP contribution in [-0.2, 0) is 21.1 Å². The molecule has 25 heavy (non-hydrogen) atoms. The smallest absolute Gasteiger partial charge is 0.224 e. The number of ether oxygens (including phenoxy) is 1. The van der Waals surface area contributed by atoms with E-state index in [1.54, 1.807) is 7.11 Å². The van der Waals surface area contributed by atoms with Crippen LogP contribution >= 0.6 is 0 Å². The van der Waals surface area contributed by atoms with Gasteiger partial charge in [0.15, 0.2) is 9.84 Å². The van der Waals surface area contributed by atoms with Crippen LogP contribution in [0.2, 0.25) is 0 Å². The van der Waals surface area contributed by atoms with Gasteiger partial charge in [0, 0.05) is 6.04 Å². The zero-order valence-electron chi connectivity index (χ0n) is 14.6. The number of methoxy groups -OCH3 is 1. The van der Waals surface area contributed by atoms with Crippen molar-refractivity contribution in [2.24, 2.45) is 0 Å². The van der Waals surface area contributed by atoms with Crippen LogP contribution in [0.5, 0.6) is 5.75 Å². The molecule has 1 aromatic rings. The molecule has 2 atom stereocenters. The molecule has 0 saturated carbocycles. The van der Waals surface area contributed by atoms with Crippen LogP contribution in [0, 0.1) is 0 Å². The Morgan fingerprint density at radius 3 is 2.48 bits per heavy atom. The Morgan fingerprint density at radius 1 is 1.16 bits per heavy atom. The molecule has 2 aliphatic heterocycles. The van der Waals surface area contributed by atoms with Crippen LogP contribution in [0.1, 0.15) is 24.8 Å². The van der Waals surface area contributed by atoms with Gasteiger partial charge in [-0.3, -0.25) is 9.69 Å². The SMILES string of the molecule is COc1ccc(CC(=O)NC2CS(=O)(=O)CC2N2CCCCC2)cc1. The number of nitrogens with one attached hydrogen (secondary N) is 1. The second-order valence-electron chi connectivity index (χ2n) is 6.94. The maximum Gasteiger partial charge on any atom is 0.224 e. The summed E-state index contributed by atoms with van der Waals surface area (Å²) in [5.41, 5.74) is 0.883. The van der Waals surface area contributed by atoms with Gasteiger partial charge < -0.3 is 10.1 Å². The van der Waals surface area contributed by atoms with E-state index in [0.29, 0.717) is 0 Å². The Balaban J connectivity index is 1.63. The predicted molar refractivity (Wildman–Crippen MR) is 96.5 cm³/mol. The van der Waals surface area contributed by atoms with Gasteiger partial charge in [-0.15, -0.1) is 0 Å². The third-order valence-corrected chi connectivity index (χ3v) is 6.77. The van der Waals surface area contributed by atoms with Gasteiger partial charge in [-0.05, 0) is 43.6 Å². The lowest BCUT2D eigenvalue weighted by Crippen LogP contribution is -2.52. The highest BCUT2D eigenvalue weighted by Gasteiger charge is 2.41. The fraction of sp³-hybridized carbons (Fsp3) is 0.611. The van der Waals surface area contributed by atoms with Gasteiger partial charge in [-0.1, -0.05) is 18.6 Å². The fourth-order valence-electron chi connectivity index (χ4n) is 3.76. The van der Waals surface area contributed by atoms with E-state index in [1.165, 1.54) is 6.42 Å². The summed E-state index contributed by atoms with van der Waals surface area (Å²) in [5, 5.41) is 2.97. The highest BCUT2D eigenvalue weighted by molar-refractivity contribution is 7.91. The highest BCUT2D eigenvalue weighted by Crippen LogP contribution is 2.22. The zero-order valence-corrected chi connectivity index (χ0v) is 15.4. The van der Waals surface area contributed by atoms with Crippen molar-refractivity contribution in [2.75, 3.05) is 31.7 Å². The van der Waals surface area contributed by atoms with Gasteiger partial charge >= 0.3 is 0 Å². The number of carbonyl (C=O) groups is 1. The quantitative estimate of drug-likeness (QED) is 0.842. The topological polar surface area (TPSA) is 75.7 Å². The second-order valence-corrected chi connectivity index (χ2v) is 9.09. The first-order chi connectivity index (χ1) is 12.0. The van der Waals surface area contributed by atoms with Gasteiger partial charge in [0.2, 0.25) is 5.91 Å². The number of hydrogen-bond acceptors (Lipinski definition) is 5. The number of carbonyl (C=O) groups excluding carboxylic acids is 1. The summed E-state index contributed by atoms with van der Waals surface area (Å²) in [7, 11) is -1.49. The fourth-order valence-corrected chi connectivity index (χ4v) is 5.72. The summed E-state index contributed by atoms with van der Waals surface area (Å²) in [4.78, 5) is 14.6. The van der Waals surface area contributed by atoms with Crippen molar-refractivity contribution in [3.8, 4) is 5.75 Å². The first kappa shape index (κ1) is 18.2. The minimum atomic E-state index is -3.09. The number of piperidine rings is 1. The molecule has 2 saturated heterocycles. The minimum Gasteiger partial charge on any atom is -0.497 e. The molecule has 0 radical (unpaired) electrons. The van der Waals surface area contributed by atoms with Crippen LogP contribution < -0.4 is 10.1 Å². The molecule has 7 heteroatoms. The standard InChI is InChI=1S/C18H26N2O4S/c1-24-15-7-5-14(6-8-15)11-18(21)19-16-12-25(22,23)13-17(16)20-9-3-2-4-10-20/h5-8,16-17H,2-4,9-13H2,1H3,(H,19,21). The molecule has 2 aliphatic rings. The molecule has 1 aromatic carbocycles. The Hall–Kier alpha value is -1.60. The van der Waals surface area contributed by atoms with Crippen molar-refractivity contribution >= 4 is 15.7 Å². The lowest BCUT2D eigenvalue weighted by Gasteiger charge is -2.35. The molecule has 1 amide bonds. The Labute approximate surface area is 149 Å². The van der Waals surface area contributed by atoms with Gasteiger partial charge in [0.1, 0.15) is 5.75 Å². The summed E-state index contributed by atoms with van der Waals surface area (Å²) in [6.07, 6.45) is 3.64. The lowest BCUT2D eigenvalue weighted by molar-refractivity contribution is -0.121. The first-order valence-electron chi connectivity index (χ1n) is 8.83. The van der Waals surface area contributed by atoms with Crippen LogP contribution in [-0.4, -0.2) is 63.0 Å². The maximum atomic E-state index is 12.4. The molecule has 0 bridgehead atoms.